The molecule has 0 radical (unpaired) electrons. The Hall–Kier alpha value is 0.716. The zero-order chi connectivity index (χ0) is 7.40. The van der Waals surface area contributed by atoms with E-state index in [1.807, 2.05) is 0 Å². The van der Waals surface area contributed by atoms with Crippen LogP contribution < -0.4 is 0 Å². The number of benzene rings is 1. The quantitative estimate of drug-likeness (QED) is 0.563. The van der Waals surface area contributed by atoms with Crippen molar-refractivity contribution in [3.63, 3.8) is 0 Å². The summed E-state index contributed by atoms with van der Waals surface area (Å²) in [4.78, 5) is 0. The van der Waals surface area contributed by atoms with Crippen molar-refractivity contribution in [3.8, 4) is 0 Å². The fraction of sp³-hybridized carbons (Fsp3) is 0.250. The summed E-state index contributed by atoms with van der Waals surface area (Å²) in [6.45, 7) is 2.19. The lowest BCUT2D eigenvalue weighted by molar-refractivity contribution is 1.30. The van der Waals surface area contributed by atoms with Crippen molar-refractivity contribution in [2.24, 2.45) is 0 Å². The smallest absolute Gasteiger partial charge is 0.301 e. The molecule has 0 atom stereocenters. The van der Waals surface area contributed by atoms with Crippen LogP contribution in [0.15, 0.2) is 24.3 Å². The second-order valence-corrected chi connectivity index (χ2v) is 6.48. The third-order valence-corrected chi connectivity index (χ3v) is 3.97. The molecule has 0 spiro atoms. The molecule has 2 heteroatoms. The monoisotopic (exact) mass is 256 g/mol. The van der Waals surface area contributed by atoms with Crippen LogP contribution in [-0.4, -0.2) is 16.5 Å². The first kappa shape index (κ1) is 8.81. The van der Waals surface area contributed by atoms with E-state index in [1.54, 1.807) is 5.56 Å². The molecule has 0 aliphatic heterocycles. The zero-order valence-electron chi connectivity index (χ0n) is 6.10. The predicted octanol–water partition coefficient (Wildman–Crippen LogP) is 2.55. The third-order valence-electron chi connectivity index (χ3n) is 1.63. The highest BCUT2D eigenvalue weighted by Gasteiger charge is 1.95. The highest BCUT2D eigenvalue weighted by Crippen LogP contribution is 2.07. The first-order valence-electron chi connectivity index (χ1n) is 3.45. The molecular weight excluding hydrogens is 247 g/mol. The molecule has 0 nitrogen and oxygen atoms in total. The molecule has 0 bridgehead atoms. The molecule has 0 N–H and O–H groups in total. The van der Waals surface area contributed by atoms with E-state index in [0.29, 0.717) is 0 Å². The minimum absolute atomic E-state index is 0.164. The van der Waals surface area contributed by atoms with Crippen LogP contribution in [0.4, 0.5) is 0 Å². The molecule has 10 heavy (non-hydrogen) atoms. The maximum absolute atomic E-state index is 2.55. The average Bonchev–Trinajstić information content (AvgIpc) is 1.94. The van der Waals surface area contributed by atoms with Gasteiger partial charge < -0.3 is 18.9 Å². The normalized spacial score (nSPS) is 9.00. The van der Waals surface area contributed by atoms with Gasteiger partial charge in [-0.1, -0.05) is 35.4 Å². The summed E-state index contributed by atoms with van der Waals surface area (Å²) in [6, 6.07) is 8.66. The molecule has 0 heterocycles. The Labute approximate surface area is 81.5 Å². The summed E-state index contributed by atoms with van der Waals surface area (Å²) in [7, 11) is 0. The fourth-order valence-corrected chi connectivity index (χ4v) is 3.50. The van der Waals surface area contributed by atoms with Gasteiger partial charge in [0.25, 0.3) is 0 Å². The summed E-state index contributed by atoms with van der Waals surface area (Å²) in [5, 5.41) is 0. The van der Waals surface area contributed by atoms with Crippen molar-refractivity contribution >= 4 is 35.3 Å². The minimum atomic E-state index is 0.164. The van der Waals surface area contributed by atoms with Gasteiger partial charge >= 0.3 is 16.5 Å². The van der Waals surface area contributed by atoms with E-state index in [1.165, 1.54) is 10.1 Å². The lowest BCUT2D eigenvalue weighted by Gasteiger charge is -2.00. The summed E-state index contributed by atoms with van der Waals surface area (Å²) < 4.78 is 1.34. The number of hydrogen-bond donors (Lipinski definition) is 0. The Balaban J connectivity index is 2.81. The predicted molar refractivity (Wildman–Crippen MR) is 54.7 cm³/mol. The van der Waals surface area contributed by atoms with Gasteiger partial charge in [0.1, 0.15) is 0 Å². The van der Waals surface area contributed by atoms with Crippen molar-refractivity contribution in [2.45, 2.75) is 11.5 Å². The van der Waals surface area contributed by atoms with E-state index >= 15 is 0 Å². The molecule has 0 fully saturated rings. The Kier molecular flexibility index (Phi) is 4.02. The Morgan fingerprint density at radius 1 is 1.40 bits per heavy atom. The van der Waals surface area contributed by atoms with Crippen LogP contribution in [0.3, 0.4) is 0 Å². The SMILES string of the molecule is Cc1ccccc1[CH2][Mg][I]. The fourth-order valence-electron chi connectivity index (χ4n) is 0.992. The molecular formula is C8H9IMg. The largest absolute Gasteiger partial charge is 0.468 e. The number of aryl methyl sites for hydroxylation is 1. The van der Waals surface area contributed by atoms with Gasteiger partial charge in [0.15, 0.2) is 0 Å². The molecule has 1 rings (SSSR count). The number of halogens is 1. The highest BCUT2D eigenvalue weighted by molar-refractivity contribution is 14.1. The average molecular weight is 256 g/mol. The van der Waals surface area contributed by atoms with Gasteiger partial charge in [0.2, 0.25) is 0 Å². The number of hydrogen-bond acceptors (Lipinski definition) is 0. The van der Waals surface area contributed by atoms with Crippen LogP contribution in [-0.2, 0) is 4.55 Å². The standard InChI is InChI=1S/C8H9.HI.Mg/c1-7-5-3-4-6-8(7)2;;/h3-6H,1H2,2H3;1H;/q;;+1/p-1. The molecule has 0 aliphatic rings. The van der Waals surface area contributed by atoms with Gasteiger partial charge in [-0.2, -0.15) is 0 Å². The number of rotatable bonds is 2. The molecule has 0 amide bonds. The maximum Gasteiger partial charge on any atom is 0.468 e. The summed E-state index contributed by atoms with van der Waals surface area (Å²) in [6.07, 6.45) is 0. The zero-order valence-corrected chi connectivity index (χ0v) is 9.67. The minimum Gasteiger partial charge on any atom is -0.301 e. The van der Waals surface area contributed by atoms with Crippen molar-refractivity contribution in [1.82, 2.24) is 0 Å². The first-order valence-corrected chi connectivity index (χ1v) is 9.56. The summed E-state index contributed by atoms with van der Waals surface area (Å²) in [5.74, 6) is 0. The molecule has 0 saturated heterocycles. The van der Waals surface area contributed by atoms with Gasteiger partial charge in [-0.25, -0.2) is 0 Å². The van der Waals surface area contributed by atoms with E-state index in [0.717, 1.165) is 0 Å². The van der Waals surface area contributed by atoms with Crippen molar-refractivity contribution in [1.29, 1.82) is 0 Å². The molecule has 0 aliphatic carbocycles. The topological polar surface area (TPSA) is 0 Å². The Morgan fingerprint density at radius 3 is 2.70 bits per heavy atom. The van der Waals surface area contributed by atoms with Gasteiger partial charge in [0.05, 0.1) is 0 Å². The third kappa shape index (κ3) is 2.40. The molecule has 0 saturated carbocycles. The van der Waals surface area contributed by atoms with Crippen molar-refractivity contribution < 1.29 is 0 Å². The lowest BCUT2D eigenvalue weighted by Crippen LogP contribution is -1.90. The highest BCUT2D eigenvalue weighted by atomic mass is 127. The van der Waals surface area contributed by atoms with E-state index in [-0.39, 0.29) is 16.5 Å². The van der Waals surface area contributed by atoms with Crippen LogP contribution in [0.25, 0.3) is 0 Å². The summed E-state index contributed by atoms with van der Waals surface area (Å²) >= 11 is 2.71. The van der Waals surface area contributed by atoms with Gasteiger partial charge in [-0.05, 0) is 6.92 Å². The van der Waals surface area contributed by atoms with E-state index in [9.17, 15) is 0 Å². The van der Waals surface area contributed by atoms with Gasteiger partial charge in [-0.3, -0.25) is 0 Å². The molecule has 1 aromatic carbocycles. The molecule has 0 unspecified atom stereocenters. The van der Waals surface area contributed by atoms with Crippen molar-refractivity contribution in [3.05, 3.63) is 35.4 Å². The maximum atomic E-state index is 2.55. The van der Waals surface area contributed by atoms with Crippen LogP contribution in [0.2, 0.25) is 0 Å². The molecule has 0 aromatic heterocycles. The van der Waals surface area contributed by atoms with Gasteiger partial charge in [0, 0.05) is 0 Å². The first-order chi connectivity index (χ1) is 4.84. The van der Waals surface area contributed by atoms with Crippen molar-refractivity contribution in [2.75, 3.05) is 0 Å². The Bertz CT molecular complexity index is 210. The second kappa shape index (κ2) is 4.56. The summed E-state index contributed by atoms with van der Waals surface area (Å²) in [5.41, 5.74) is 3.00. The Morgan fingerprint density at radius 2 is 2.10 bits per heavy atom. The lowest BCUT2D eigenvalue weighted by atomic mass is 10.1. The van der Waals surface area contributed by atoms with Crippen LogP contribution in [0.5, 0.6) is 0 Å². The molecule has 50 valence electrons. The van der Waals surface area contributed by atoms with E-state index < -0.39 is 0 Å². The van der Waals surface area contributed by atoms with E-state index in [4.69, 9.17) is 0 Å². The van der Waals surface area contributed by atoms with Crippen LogP contribution >= 0.6 is 18.9 Å². The van der Waals surface area contributed by atoms with Crippen LogP contribution in [0.1, 0.15) is 11.1 Å². The molecule has 1 aromatic rings. The van der Waals surface area contributed by atoms with E-state index in [2.05, 4.69) is 50.0 Å². The van der Waals surface area contributed by atoms with Gasteiger partial charge in [-0.15, -0.1) is 4.55 Å². The van der Waals surface area contributed by atoms with Crippen LogP contribution in [0, 0.1) is 6.92 Å². The second-order valence-electron chi connectivity index (χ2n) is 2.37.